The van der Waals surface area contributed by atoms with Gasteiger partial charge in [0, 0.05) is 6.42 Å². The summed E-state index contributed by atoms with van der Waals surface area (Å²) in [6.07, 6.45) is 2.71. The smallest absolute Gasteiger partial charge is 0.303 e. The van der Waals surface area contributed by atoms with Crippen LogP contribution < -0.4 is 4.74 Å². The monoisotopic (exact) mass is 264 g/mol. The van der Waals surface area contributed by atoms with Gasteiger partial charge in [0.2, 0.25) is 0 Å². The average molecular weight is 264 g/mol. The van der Waals surface area contributed by atoms with Crippen molar-refractivity contribution in [3.8, 4) is 5.75 Å². The van der Waals surface area contributed by atoms with Gasteiger partial charge in [0.05, 0.1) is 6.61 Å². The Morgan fingerprint density at radius 2 is 2.11 bits per heavy atom. The van der Waals surface area contributed by atoms with Crippen LogP contribution in [0.3, 0.4) is 0 Å². The molecule has 0 unspecified atom stereocenters. The number of aliphatic carboxylic acids is 1. The van der Waals surface area contributed by atoms with E-state index in [-0.39, 0.29) is 6.42 Å². The number of ether oxygens (including phenoxy) is 1. The van der Waals surface area contributed by atoms with Gasteiger partial charge in [-0.15, -0.1) is 0 Å². The number of carbonyl (C=O) groups is 1. The Morgan fingerprint density at radius 3 is 2.68 bits per heavy atom. The third kappa shape index (κ3) is 5.33. The standard InChI is InChI=1S/C16H24O3/c1-4-10-19-15-9-8-13(6-5-7-16(17)18)11-14(15)12(2)3/h8-9,11-12H,4-7,10H2,1-3H3,(H,17,18). The molecule has 1 aromatic rings. The maximum Gasteiger partial charge on any atom is 0.303 e. The van der Waals surface area contributed by atoms with Crippen LogP contribution in [0.4, 0.5) is 0 Å². The van der Waals surface area contributed by atoms with E-state index in [1.54, 1.807) is 0 Å². The summed E-state index contributed by atoms with van der Waals surface area (Å²) in [6, 6.07) is 6.21. The van der Waals surface area contributed by atoms with E-state index in [2.05, 4.69) is 26.8 Å². The number of rotatable bonds is 8. The van der Waals surface area contributed by atoms with Crippen LogP contribution in [0.5, 0.6) is 5.75 Å². The summed E-state index contributed by atoms with van der Waals surface area (Å²) in [5, 5.41) is 8.66. The fraction of sp³-hybridized carbons (Fsp3) is 0.562. The molecule has 0 heterocycles. The van der Waals surface area contributed by atoms with Crippen LogP contribution in [0.15, 0.2) is 18.2 Å². The van der Waals surface area contributed by atoms with Crippen molar-refractivity contribution in [2.24, 2.45) is 0 Å². The second-order valence-corrected chi connectivity index (χ2v) is 5.12. The van der Waals surface area contributed by atoms with Crippen molar-refractivity contribution in [3.63, 3.8) is 0 Å². The average Bonchev–Trinajstić information content (AvgIpc) is 2.36. The van der Waals surface area contributed by atoms with Crippen molar-refractivity contribution in [2.45, 2.75) is 52.4 Å². The summed E-state index contributed by atoms with van der Waals surface area (Å²) < 4.78 is 5.75. The quantitative estimate of drug-likeness (QED) is 0.771. The van der Waals surface area contributed by atoms with Crippen molar-refractivity contribution in [2.75, 3.05) is 6.61 Å². The third-order valence-corrected chi connectivity index (χ3v) is 3.01. The van der Waals surface area contributed by atoms with Gasteiger partial charge in [0.1, 0.15) is 5.75 Å². The molecule has 0 atom stereocenters. The second-order valence-electron chi connectivity index (χ2n) is 5.12. The molecule has 3 heteroatoms. The fourth-order valence-electron chi connectivity index (χ4n) is 1.99. The fourth-order valence-corrected chi connectivity index (χ4v) is 1.99. The maximum atomic E-state index is 10.5. The molecule has 0 aromatic heterocycles. The van der Waals surface area contributed by atoms with E-state index in [1.165, 1.54) is 11.1 Å². The van der Waals surface area contributed by atoms with Crippen LogP contribution in [-0.2, 0) is 11.2 Å². The van der Waals surface area contributed by atoms with E-state index in [0.717, 1.165) is 25.2 Å². The van der Waals surface area contributed by atoms with Crippen LogP contribution in [0.1, 0.15) is 57.1 Å². The van der Waals surface area contributed by atoms with Gasteiger partial charge in [-0.05, 0) is 42.4 Å². The van der Waals surface area contributed by atoms with E-state index in [9.17, 15) is 4.79 Å². The molecular weight excluding hydrogens is 240 g/mol. The molecule has 0 radical (unpaired) electrons. The Hall–Kier alpha value is -1.51. The van der Waals surface area contributed by atoms with Crippen LogP contribution >= 0.6 is 0 Å². The lowest BCUT2D eigenvalue weighted by molar-refractivity contribution is -0.137. The Kier molecular flexibility index (Phi) is 6.40. The molecule has 19 heavy (non-hydrogen) atoms. The predicted octanol–water partition coefficient (Wildman–Crippen LogP) is 4.01. The molecular formula is C16H24O3. The van der Waals surface area contributed by atoms with Crippen molar-refractivity contribution in [1.82, 2.24) is 0 Å². The SMILES string of the molecule is CCCOc1ccc(CCCC(=O)O)cc1C(C)C. The van der Waals surface area contributed by atoms with Crippen LogP contribution in [0, 0.1) is 0 Å². The molecule has 0 saturated carbocycles. The van der Waals surface area contributed by atoms with E-state index >= 15 is 0 Å². The number of benzene rings is 1. The highest BCUT2D eigenvalue weighted by atomic mass is 16.5. The van der Waals surface area contributed by atoms with Gasteiger partial charge >= 0.3 is 5.97 Å². The van der Waals surface area contributed by atoms with E-state index in [0.29, 0.717) is 12.3 Å². The van der Waals surface area contributed by atoms with E-state index in [4.69, 9.17) is 9.84 Å². The first-order valence-electron chi connectivity index (χ1n) is 7.02. The predicted molar refractivity (Wildman–Crippen MR) is 76.9 cm³/mol. The van der Waals surface area contributed by atoms with Crippen molar-refractivity contribution in [1.29, 1.82) is 0 Å². The molecule has 3 nitrogen and oxygen atoms in total. The third-order valence-electron chi connectivity index (χ3n) is 3.01. The Bertz CT molecular complexity index is 410. The molecule has 0 aliphatic carbocycles. The van der Waals surface area contributed by atoms with Gasteiger partial charge in [-0.25, -0.2) is 0 Å². The minimum atomic E-state index is -0.730. The molecule has 0 spiro atoms. The van der Waals surface area contributed by atoms with Crippen LogP contribution in [-0.4, -0.2) is 17.7 Å². The molecule has 1 N–H and O–H groups in total. The first kappa shape index (κ1) is 15.5. The van der Waals surface area contributed by atoms with Crippen molar-refractivity contribution < 1.29 is 14.6 Å². The molecule has 0 aliphatic rings. The molecule has 106 valence electrons. The van der Waals surface area contributed by atoms with Gasteiger partial charge in [0.15, 0.2) is 0 Å². The molecule has 1 aromatic carbocycles. The molecule has 0 bridgehead atoms. The normalized spacial score (nSPS) is 10.7. The summed E-state index contributed by atoms with van der Waals surface area (Å²) in [7, 11) is 0. The van der Waals surface area contributed by atoms with Gasteiger partial charge in [-0.3, -0.25) is 4.79 Å². The minimum Gasteiger partial charge on any atom is -0.493 e. The Morgan fingerprint density at radius 1 is 1.37 bits per heavy atom. The zero-order valence-corrected chi connectivity index (χ0v) is 12.1. The zero-order valence-electron chi connectivity index (χ0n) is 12.1. The molecule has 1 rings (SSSR count). The molecule has 0 aliphatic heterocycles. The van der Waals surface area contributed by atoms with Crippen LogP contribution in [0.2, 0.25) is 0 Å². The van der Waals surface area contributed by atoms with Gasteiger partial charge in [-0.2, -0.15) is 0 Å². The largest absolute Gasteiger partial charge is 0.493 e. The van der Waals surface area contributed by atoms with E-state index in [1.807, 2.05) is 12.1 Å². The van der Waals surface area contributed by atoms with Gasteiger partial charge in [-0.1, -0.05) is 32.9 Å². The number of hydrogen-bond acceptors (Lipinski definition) is 2. The zero-order chi connectivity index (χ0) is 14.3. The van der Waals surface area contributed by atoms with Crippen LogP contribution in [0.25, 0.3) is 0 Å². The Balaban J connectivity index is 2.74. The second kappa shape index (κ2) is 7.82. The molecule has 0 fully saturated rings. The first-order valence-corrected chi connectivity index (χ1v) is 7.02. The maximum absolute atomic E-state index is 10.5. The summed E-state index contributed by atoms with van der Waals surface area (Å²) in [4.78, 5) is 10.5. The highest BCUT2D eigenvalue weighted by Gasteiger charge is 2.09. The summed E-state index contributed by atoms with van der Waals surface area (Å²) in [5.41, 5.74) is 2.40. The summed E-state index contributed by atoms with van der Waals surface area (Å²) in [5.74, 6) is 0.636. The van der Waals surface area contributed by atoms with Gasteiger partial charge in [0.25, 0.3) is 0 Å². The number of aryl methyl sites for hydroxylation is 1. The lowest BCUT2D eigenvalue weighted by Crippen LogP contribution is -2.02. The molecule has 0 saturated heterocycles. The van der Waals surface area contributed by atoms with Gasteiger partial charge < -0.3 is 9.84 Å². The summed E-state index contributed by atoms with van der Waals surface area (Å²) in [6.45, 7) is 7.12. The first-order chi connectivity index (χ1) is 9.04. The highest BCUT2D eigenvalue weighted by molar-refractivity contribution is 5.66. The summed E-state index contributed by atoms with van der Waals surface area (Å²) >= 11 is 0. The number of carboxylic acids is 1. The van der Waals surface area contributed by atoms with Crippen molar-refractivity contribution in [3.05, 3.63) is 29.3 Å². The highest BCUT2D eigenvalue weighted by Crippen LogP contribution is 2.28. The van der Waals surface area contributed by atoms with Crippen molar-refractivity contribution >= 4 is 5.97 Å². The number of hydrogen-bond donors (Lipinski definition) is 1. The lowest BCUT2D eigenvalue weighted by Gasteiger charge is -2.15. The van der Waals surface area contributed by atoms with E-state index < -0.39 is 5.97 Å². The Labute approximate surface area is 115 Å². The number of carboxylic acid groups (broad SMARTS) is 1. The topological polar surface area (TPSA) is 46.5 Å². The minimum absolute atomic E-state index is 0.227. The molecule has 0 amide bonds. The lowest BCUT2D eigenvalue weighted by atomic mass is 9.97.